The Kier molecular flexibility index (Phi) is 28.2. The standard InChI is InChI=1S/C16H34O4S.2Na.2H/c1-2-3-4-5-6-7-8-9-10-11-12-13-14-15-16-20-21(17,18)19;;;;/h2-16H2,1H3,(H,17,18,19);;;;/q;2*+1;2*-1. The van der Waals surface area contributed by atoms with Crippen molar-refractivity contribution in [2.75, 3.05) is 6.61 Å². The van der Waals surface area contributed by atoms with Crippen LogP contribution in [0, 0.1) is 0 Å². The largest absolute Gasteiger partial charge is 1.00 e. The van der Waals surface area contributed by atoms with Gasteiger partial charge in [0.1, 0.15) is 0 Å². The molecule has 7 heteroatoms. The van der Waals surface area contributed by atoms with Gasteiger partial charge in [-0.1, -0.05) is 90.4 Å². The van der Waals surface area contributed by atoms with Crippen molar-refractivity contribution in [2.24, 2.45) is 0 Å². The summed E-state index contributed by atoms with van der Waals surface area (Å²) in [5, 5.41) is 0. The van der Waals surface area contributed by atoms with Gasteiger partial charge in [-0.05, 0) is 6.42 Å². The molecule has 0 aromatic carbocycles. The number of unbranched alkanes of at least 4 members (excludes halogenated alkanes) is 13. The molecule has 0 aromatic heterocycles. The molecule has 0 bridgehead atoms. The van der Waals surface area contributed by atoms with E-state index in [1.54, 1.807) is 0 Å². The number of hydrogen-bond donors (Lipinski definition) is 1. The summed E-state index contributed by atoms with van der Waals surface area (Å²) >= 11 is 0. The Labute approximate surface area is 191 Å². The molecule has 0 heterocycles. The van der Waals surface area contributed by atoms with Crippen LogP contribution in [0.1, 0.15) is 99.7 Å². The van der Waals surface area contributed by atoms with Gasteiger partial charge in [0.05, 0.1) is 6.61 Å². The summed E-state index contributed by atoms with van der Waals surface area (Å²) in [6.45, 7) is 2.35. The normalized spacial score (nSPS) is 10.9. The molecule has 0 aliphatic heterocycles. The molecule has 23 heavy (non-hydrogen) atoms. The number of hydrogen-bond acceptors (Lipinski definition) is 3. The van der Waals surface area contributed by atoms with E-state index in [0.717, 1.165) is 12.8 Å². The van der Waals surface area contributed by atoms with Crippen LogP contribution in [0.25, 0.3) is 0 Å². The van der Waals surface area contributed by atoms with Gasteiger partial charge in [0, 0.05) is 0 Å². The van der Waals surface area contributed by atoms with Crippen molar-refractivity contribution in [1.82, 2.24) is 0 Å². The van der Waals surface area contributed by atoms with E-state index in [-0.39, 0.29) is 68.6 Å². The van der Waals surface area contributed by atoms with E-state index in [1.807, 2.05) is 0 Å². The van der Waals surface area contributed by atoms with Crippen molar-refractivity contribution in [3.8, 4) is 0 Å². The molecular formula is C16H36Na2O4S. The van der Waals surface area contributed by atoms with Crippen LogP contribution in [0.5, 0.6) is 0 Å². The van der Waals surface area contributed by atoms with E-state index in [2.05, 4.69) is 11.1 Å². The van der Waals surface area contributed by atoms with Gasteiger partial charge in [-0.15, -0.1) is 0 Å². The average Bonchev–Trinajstić information content (AvgIpc) is 2.42. The van der Waals surface area contributed by atoms with Gasteiger partial charge in [0.25, 0.3) is 0 Å². The summed E-state index contributed by atoms with van der Waals surface area (Å²) in [6.07, 6.45) is 17.6. The van der Waals surface area contributed by atoms with E-state index in [1.165, 1.54) is 70.6 Å². The summed E-state index contributed by atoms with van der Waals surface area (Å²) in [5.74, 6) is 0. The Hall–Kier alpha value is 1.87. The summed E-state index contributed by atoms with van der Waals surface area (Å²) in [6, 6.07) is 0. The summed E-state index contributed by atoms with van der Waals surface area (Å²) < 4.78 is 33.2. The van der Waals surface area contributed by atoms with Crippen molar-refractivity contribution in [3.63, 3.8) is 0 Å². The third kappa shape index (κ3) is 28.9. The van der Waals surface area contributed by atoms with Gasteiger partial charge >= 0.3 is 69.5 Å². The molecule has 0 aliphatic rings. The first-order chi connectivity index (χ1) is 10.1. The second-order valence-electron chi connectivity index (χ2n) is 5.85. The summed E-state index contributed by atoms with van der Waals surface area (Å²) in [5.41, 5.74) is 0. The van der Waals surface area contributed by atoms with E-state index in [9.17, 15) is 8.42 Å². The van der Waals surface area contributed by atoms with E-state index >= 15 is 0 Å². The van der Waals surface area contributed by atoms with Crippen LogP contribution >= 0.6 is 0 Å². The maximum atomic E-state index is 10.3. The van der Waals surface area contributed by atoms with E-state index in [0.29, 0.717) is 6.42 Å². The SMILES string of the molecule is CCCCCCCCCCCCCCCCOS(=O)(=O)O.[H-].[H-].[Na+].[Na+]. The minimum atomic E-state index is -4.24. The van der Waals surface area contributed by atoms with Crippen molar-refractivity contribution in [3.05, 3.63) is 0 Å². The zero-order chi connectivity index (χ0) is 15.8. The number of rotatable bonds is 16. The molecule has 0 saturated carbocycles. The molecule has 0 unspecified atom stereocenters. The van der Waals surface area contributed by atoms with Gasteiger partial charge in [-0.25, -0.2) is 4.18 Å². The topological polar surface area (TPSA) is 63.6 Å². The van der Waals surface area contributed by atoms with Gasteiger partial charge in [0.15, 0.2) is 0 Å². The van der Waals surface area contributed by atoms with E-state index in [4.69, 9.17) is 4.55 Å². The Bertz CT molecular complexity index is 321. The third-order valence-electron chi connectivity index (χ3n) is 3.73. The molecule has 0 atom stereocenters. The molecule has 0 saturated heterocycles. The van der Waals surface area contributed by atoms with Crippen LogP contribution in [-0.4, -0.2) is 19.6 Å². The molecule has 0 aliphatic carbocycles. The molecular weight excluding hydrogens is 334 g/mol. The fourth-order valence-corrected chi connectivity index (χ4v) is 2.79. The summed E-state index contributed by atoms with van der Waals surface area (Å²) in [7, 11) is -4.24. The Morgan fingerprint density at radius 3 is 1.30 bits per heavy atom. The molecule has 0 amide bonds. The summed E-state index contributed by atoms with van der Waals surface area (Å²) in [4.78, 5) is 0. The minimum absolute atomic E-state index is 0. The molecule has 0 fully saturated rings. The Morgan fingerprint density at radius 1 is 0.696 bits per heavy atom. The van der Waals surface area contributed by atoms with Crippen LogP contribution in [0.2, 0.25) is 0 Å². The van der Waals surface area contributed by atoms with Gasteiger partial charge < -0.3 is 2.85 Å². The van der Waals surface area contributed by atoms with Gasteiger partial charge in [0.2, 0.25) is 0 Å². The van der Waals surface area contributed by atoms with Crippen LogP contribution in [0.3, 0.4) is 0 Å². The molecule has 0 aromatic rings. The van der Waals surface area contributed by atoms with Crippen LogP contribution < -0.4 is 59.1 Å². The quantitative estimate of drug-likeness (QED) is 0.226. The minimum Gasteiger partial charge on any atom is -1.00 e. The Balaban J connectivity index is -0.000000333. The second kappa shape index (κ2) is 21.9. The first-order valence-electron chi connectivity index (χ1n) is 8.68. The molecule has 0 spiro atoms. The molecule has 1 N–H and O–H groups in total. The zero-order valence-electron chi connectivity index (χ0n) is 17.7. The van der Waals surface area contributed by atoms with Gasteiger partial charge in [-0.2, -0.15) is 8.42 Å². The monoisotopic (exact) mass is 370 g/mol. The van der Waals surface area contributed by atoms with Crippen molar-refractivity contribution >= 4 is 10.4 Å². The smallest absolute Gasteiger partial charge is 1.00 e. The van der Waals surface area contributed by atoms with Crippen LogP contribution in [0.4, 0.5) is 0 Å². The Morgan fingerprint density at radius 2 is 1.00 bits per heavy atom. The molecule has 0 rings (SSSR count). The van der Waals surface area contributed by atoms with Crippen molar-refractivity contribution < 1.29 is 79.1 Å². The maximum absolute atomic E-state index is 10.3. The van der Waals surface area contributed by atoms with Crippen LogP contribution in [-0.2, 0) is 14.6 Å². The maximum Gasteiger partial charge on any atom is 1.00 e. The van der Waals surface area contributed by atoms with Gasteiger partial charge in [-0.3, -0.25) is 4.55 Å². The average molecular weight is 371 g/mol. The molecule has 0 radical (unpaired) electrons. The first kappa shape index (κ1) is 29.6. The fourth-order valence-electron chi connectivity index (χ4n) is 2.46. The molecule has 132 valence electrons. The van der Waals surface area contributed by atoms with E-state index < -0.39 is 10.4 Å². The van der Waals surface area contributed by atoms with Crippen LogP contribution in [0.15, 0.2) is 0 Å². The molecule has 4 nitrogen and oxygen atoms in total. The second-order valence-corrected chi connectivity index (χ2v) is 6.94. The van der Waals surface area contributed by atoms with Crippen molar-refractivity contribution in [2.45, 2.75) is 96.8 Å². The fraction of sp³-hybridized carbons (Fsp3) is 1.00. The predicted octanol–water partition coefficient (Wildman–Crippen LogP) is -0.480. The zero-order valence-corrected chi connectivity index (χ0v) is 20.5. The first-order valence-corrected chi connectivity index (χ1v) is 10.0. The third-order valence-corrected chi connectivity index (χ3v) is 4.19. The predicted molar refractivity (Wildman–Crippen MR) is 90.0 cm³/mol. The van der Waals surface area contributed by atoms with Crippen molar-refractivity contribution in [1.29, 1.82) is 0 Å².